The fraction of sp³-hybridized carbons (Fsp3) is 0.600. The van der Waals surface area contributed by atoms with Crippen molar-refractivity contribution in [3.8, 4) is 0 Å². The Kier molecular flexibility index (Phi) is 3.11. The molecule has 0 bridgehead atoms. The molecule has 1 unspecified atom stereocenters. The van der Waals surface area contributed by atoms with Gasteiger partial charge in [0.1, 0.15) is 5.76 Å². The zero-order chi connectivity index (χ0) is 9.97. The van der Waals surface area contributed by atoms with Gasteiger partial charge in [-0.05, 0) is 43.7 Å². The monoisotopic (exact) mass is 214 g/mol. The Morgan fingerprint density at radius 1 is 1.64 bits per heavy atom. The number of hydrogen-bond acceptors (Lipinski definition) is 3. The molecule has 1 aromatic rings. The molecule has 2 rings (SSSR count). The molecule has 0 spiro atoms. The Morgan fingerprint density at radius 2 is 2.50 bits per heavy atom. The number of nitrogens with zero attached hydrogens (tertiary/aromatic N) is 1. The predicted molar refractivity (Wildman–Crippen MR) is 56.5 cm³/mol. The van der Waals surface area contributed by atoms with Gasteiger partial charge in [0.15, 0.2) is 5.22 Å². The molecule has 2 heterocycles. The van der Waals surface area contributed by atoms with E-state index < -0.39 is 0 Å². The van der Waals surface area contributed by atoms with Gasteiger partial charge in [-0.1, -0.05) is 0 Å². The molecule has 0 aliphatic carbocycles. The van der Waals surface area contributed by atoms with E-state index in [1.54, 1.807) is 6.07 Å². The van der Waals surface area contributed by atoms with E-state index in [9.17, 15) is 0 Å². The fourth-order valence-corrected chi connectivity index (χ4v) is 1.96. The fourth-order valence-electron chi connectivity index (χ4n) is 1.79. The number of likely N-dealkylation sites (N-methyl/N-ethyl adjacent to an activating group) is 1. The highest BCUT2D eigenvalue weighted by Crippen LogP contribution is 2.13. The molecule has 1 N–H and O–H groups in total. The van der Waals surface area contributed by atoms with E-state index in [4.69, 9.17) is 16.0 Å². The summed E-state index contributed by atoms with van der Waals surface area (Å²) < 4.78 is 5.26. The van der Waals surface area contributed by atoms with Crippen molar-refractivity contribution in [3.63, 3.8) is 0 Å². The van der Waals surface area contributed by atoms with Crippen LogP contribution < -0.4 is 5.32 Å². The number of nitrogens with one attached hydrogen (secondary N) is 1. The maximum absolute atomic E-state index is 5.68. The van der Waals surface area contributed by atoms with Crippen LogP contribution in [0.15, 0.2) is 16.5 Å². The molecular formula is C10H15ClN2O. The van der Waals surface area contributed by atoms with Crippen molar-refractivity contribution in [2.24, 2.45) is 0 Å². The van der Waals surface area contributed by atoms with Crippen molar-refractivity contribution in [3.05, 3.63) is 23.1 Å². The highest BCUT2D eigenvalue weighted by atomic mass is 35.5. The van der Waals surface area contributed by atoms with Gasteiger partial charge < -0.3 is 14.6 Å². The van der Waals surface area contributed by atoms with Crippen LogP contribution in [0.1, 0.15) is 12.2 Å². The number of rotatable bonds is 3. The molecule has 1 aliphatic rings. The smallest absolute Gasteiger partial charge is 0.193 e. The minimum absolute atomic E-state index is 0.463. The number of likely N-dealkylation sites (tertiary alicyclic amines) is 1. The lowest BCUT2D eigenvalue weighted by molar-refractivity contribution is 0.390. The Labute approximate surface area is 89.0 Å². The summed E-state index contributed by atoms with van der Waals surface area (Å²) in [6.45, 7) is 3.07. The van der Waals surface area contributed by atoms with E-state index in [0.717, 1.165) is 18.8 Å². The summed E-state index contributed by atoms with van der Waals surface area (Å²) in [5.41, 5.74) is 0. The molecule has 0 aromatic carbocycles. The summed E-state index contributed by atoms with van der Waals surface area (Å²) in [6, 6.07) is 4.27. The summed E-state index contributed by atoms with van der Waals surface area (Å²) in [7, 11) is 2.14. The average molecular weight is 215 g/mol. The van der Waals surface area contributed by atoms with Gasteiger partial charge in [0.2, 0.25) is 0 Å². The van der Waals surface area contributed by atoms with Gasteiger partial charge in [-0.3, -0.25) is 0 Å². The van der Waals surface area contributed by atoms with Crippen LogP contribution in [0.5, 0.6) is 0 Å². The Hall–Kier alpha value is -0.510. The molecule has 1 fully saturated rings. The van der Waals surface area contributed by atoms with Crippen LogP contribution in [0.3, 0.4) is 0 Å². The lowest BCUT2D eigenvalue weighted by atomic mass is 10.2. The third-order valence-electron chi connectivity index (χ3n) is 2.59. The topological polar surface area (TPSA) is 28.4 Å². The van der Waals surface area contributed by atoms with Crippen LogP contribution in [-0.4, -0.2) is 31.1 Å². The predicted octanol–water partition coefficient (Wildman–Crippen LogP) is 1.73. The van der Waals surface area contributed by atoms with Crippen LogP contribution in [0.25, 0.3) is 0 Å². The molecular weight excluding hydrogens is 200 g/mol. The molecule has 1 saturated heterocycles. The summed E-state index contributed by atoms with van der Waals surface area (Å²) in [5.74, 6) is 0.907. The van der Waals surface area contributed by atoms with Gasteiger partial charge in [0.25, 0.3) is 0 Å². The SMILES string of the molecule is CN1CCC(NCc2ccc(Cl)o2)C1. The minimum atomic E-state index is 0.463. The molecule has 1 aliphatic heterocycles. The molecule has 0 radical (unpaired) electrons. The van der Waals surface area contributed by atoms with Crippen molar-refractivity contribution < 1.29 is 4.42 Å². The molecule has 14 heavy (non-hydrogen) atoms. The average Bonchev–Trinajstić information content (AvgIpc) is 2.72. The Bertz CT molecular complexity index is 300. The highest BCUT2D eigenvalue weighted by molar-refractivity contribution is 6.28. The molecule has 3 nitrogen and oxygen atoms in total. The largest absolute Gasteiger partial charge is 0.448 e. The maximum atomic E-state index is 5.68. The second-order valence-electron chi connectivity index (χ2n) is 3.83. The van der Waals surface area contributed by atoms with Gasteiger partial charge in [-0.2, -0.15) is 0 Å². The van der Waals surface area contributed by atoms with E-state index in [0.29, 0.717) is 11.3 Å². The molecule has 1 aromatic heterocycles. The Morgan fingerprint density at radius 3 is 3.07 bits per heavy atom. The van der Waals surface area contributed by atoms with Crippen molar-refractivity contribution in [2.75, 3.05) is 20.1 Å². The van der Waals surface area contributed by atoms with E-state index in [2.05, 4.69) is 17.3 Å². The highest BCUT2D eigenvalue weighted by Gasteiger charge is 2.18. The first kappa shape index (κ1) is 10.0. The summed E-state index contributed by atoms with van der Waals surface area (Å²) in [4.78, 5) is 2.33. The summed E-state index contributed by atoms with van der Waals surface area (Å²) >= 11 is 5.68. The van der Waals surface area contributed by atoms with Gasteiger partial charge in [0, 0.05) is 12.6 Å². The lowest BCUT2D eigenvalue weighted by Gasteiger charge is -2.11. The normalized spacial score (nSPS) is 23.1. The maximum Gasteiger partial charge on any atom is 0.193 e. The van der Waals surface area contributed by atoms with E-state index in [1.807, 2.05) is 6.07 Å². The molecule has 0 saturated carbocycles. The molecule has 0 amide bonds. The molecule has 1 atom stereocenters. The lowest BCUT2D eigenvalue weighted by Crippen LogP contribution is -2.30. The number of furan rings is 1. The first-order chi connectivity index (χ1) is 6.74. The van der Waals surface area contributed by atoms with Crippen molar-refractivity contribution in [1.82, 2.24) is 10.2 Å². The second kappa shape index (κ2) is 4.34. The molecule has 4 heteroatoms. The van der Waals surface area contributed by atoms with Gasteiger partial charge in [-0.15, -0.1) is 0 Å². The van der Waals surface area contributed by atoms with Crippen molar-refractivity contribution >= 4 is 11.6 Å². The minimum Gasteiger partial charge on any atom is -0.448 e. The van der Waals surface area contributed by atoms with Gasteiger partial charge in [0.05, 0.1) is 6.54 Å². The second-order valence-corrected chi connectivity index (χ2v) is 4.21. The zero-order valence-electron chi connectivity index (χ0n) is 8.29. The number of hydrogen-bond donors (Lipinski definition) is 1. The molecule has 78 valence electrons. The van der Waals surface area contributed by atoms with Crippen molar-refractivity contribution in [1.29, 1.82) is 0 Å². The summed E-state index contributed by atoms with van der Waals surface area (Å²) in [6.07, 6.45) is 1.21. The standard InChI is InChI=1S/C10H15ClN2O/c1-13-5-4-8(7-13)12-6-9-2-3-10(11)14-9/h2-3,8,12H,4-7H2,1H3. The van der Waals surface area contributed by atoms with Crippen LogP contribution in [-0.2, 0) is 6.54 Å². The first-order valence-corrected chi connectivity index (χ1v) is 5.28. The third-order valence-corrected chi connectivity index (χ3v) is 2.79. The van der Waals surface area contributed by atoms with Crippen molar-refractivity contribution in [2.45, 2.75) is 19.0 Å². The first-order valence-electron chi connectivity index (χ1n) is 4.90. The Balaban J connectivity index is 1.77. The summed E-state index contributed by atoms with van der Waals surface area (Å²) in [5, 5.41) is 3.91. The van der Waals surface area contributed by atoms with Crippen LogP contribution in [0.2, 0.25) is 5.22 Å². The van der Waals surface area contributed by atoms with Gasteiger partial charge >= 0.3 is 0 Å². The van der Waals surface area contributed by atoms with Crippen LogP contribution >= 0.6 is 11.6 Å². The van der Waals surface area contributed by atoms with E-state index in [1.165, 1.54) is 13.0 Å². The quantitative estimate of drug-likeness (QED) is 0.831. The van der Waals surface area contributed by atoms with E-state index >= 15 is 0 Å². The zero-order valence-corrected chi connectivity index (χ0v) is 9.05. The van der Waals surface area contributed by atoms with Gasteiger partial charge in [-0.25, -0.2) is 0 Å². The third kappa shape index (κ3) is 2.50. The van der Waals surface area contributed by atoms with Crippen LogP contribution in [0.4, 0.5) is 0 Å². The van der Waals surface area contributed by atoms with Crippen LogP contribution in [0, 0.1) is 0 Å². The number of halogens is 1. The van der Waals surface area contributed by atoms with E-state index in [-0.39, 0.29) is 0 Å².